The minimum Gasteiger partial charge on any atom is -0.507 e. The van der Waals surface area contributed by atoms with Gasteiger partial charge in [0.2, 0.25) is 0 Å². The molecule has 1 amide bonds. The molecule has 0 radical (unpaired) electrons. The maximum atomic E-state index is 12.0. The molecule has 98 valence electrons. The molecule has 0 saturated carbocycles. The smallest absolute Gasteiger partial charge is 0.259 e. The number of aromatic hydroxyl groups is 1. The Morgan fingerprint density at radius 2 is 1.84 bits per heavy atom. The monoisotopic (exact) mass is 257 g/mol. The summed E-state index contributed by atoms with van der Waals surface area (Å²) in [6.07, 6.45) is 0. The molecule has 4 nitrogen and oxygen atoms in total. The summed E-state index contributed by atoms with van der Waals surface area (Å²) in [5.74, 6) is -0.404. The maximum absolute atomic E-state index is 12.0. The Labute approximate surface area is 111 Å². The molecular weight excluding hydrogens is 242 g/mol. The van der Waals surface area contributed by atoms with Gasteiger partial charge in [-0.2, -0.15) is 0 Å². The number of hydrogen-bond acceptors (Lipinski definition) is 3. The van der Waals surface area contributed by atoms with E-state index in [1.807, 2.05) is 6.92 Å². The van der Waals surface area contributed by atoms with Gasteiger partial charge in [-0.25, -0.2) is 0 Å². The summed E-state index contributed by atoms with van der Waals surface area (Å²) in [5.41, 5.74) is 2.51. The molecule has 3 N–H and O–H groups in total. The van der Waals surface area contributed by atoms with E-state index in [1.54, 1.807) is 42.5 Å². The summed E-state index contributed by atoms with van der Waals surface area (Å²) in [6.45, 7) is 1.81. The Bertz CT molecular complexity index is 591. The Kier molecular flexibility index (Phi) is 3.82. The number of anilines is 1. The van der Waals surface area contributed by atoms with Gasteiger partial charge in [-0.05, 0) is 42.3 Å². The van der Waals surface area contributed by atoms with Crippen LogP contribution in [-0.4, -0.2) is 16.1 Å². The minimum absolute atomic E-state index is 0.0347. The van der Waals surface area contributed by atoms with E-state index in [4.69, 9.17) is 5.11 Å². The van der Waals surface area contributed by atoms with E-state index in [1.165, 1.54) is 0 Å². The lowest BCUT2D eigenvalue weighted by atomic mass is 10.1. The highest BCUT2D eigenvalue weighted by Crippen LogP contribution is 2.20. The van der Waals surface area contributed by atoms with Crippen molar-refractivity contribution >= 4 is 11.6 Å². The third kappa shape index (κ3) is 3.11. The molecule has 19 heavy (non-hydrogen) atoms. The molecule has 0 fully saturated rings. The van der Waals surface area contributed by atoms with Crippen LogP contribution in [0.25, 0.3) is 0 Å². The molecule has 2 aromatic rings. The summed E-state index contributed by atoms with van der Waals surface area (Å²) in [7, 11) is 0. The molecule has 2 rings (SSSR count). The van der Waals surface area contributed by atoms with E-state index >= 15 is 0 Å². The van der Waals surface area contributed by atoms with Crippen molar-refractivity contribution in [2.24, 2.45) is 0 Å². The molecule has 0 aliphatic heterocycles. The molecule has 0 unspecified atom stereocenters. The number of rotatable bonds is 3. The summed E-state index contributed by atoms with van der Waals surface area (Å²) in [6, 6.07) is 11.8. The zero-order chi connectivity index (χ0) is 13.8. The van der Waals surface area contributed by atoms with Crippen LogP contribution in [0.15, 0.2) is 42.5 Å². The number of aliphatic hydroxyl groups is 1. The second-order valence-electron chi connectivity index (χ2n) is 4.33. The molecule has 0 aliphatic carbocycles. The first-order valence-corrected chi connectivity index (χ1v) is 5.91. The van der Waals surface area contributed by atoms with Crippen LogP contribution in [0, 0.1) is 6.92 Å². The topological polar surface area (TPSA) is 69.6 Å². The number of carbonyl (C=O) groups is 1. The first-order valence-electron chi connectivity index (χ1n) is 5.91. The number of aryl methyl sites for hydroxylation is 1. The number of amides is 1. The second-order valence-corrected chi connectivity index (χ2v) is 4.33. The molecule has 4 heteroatoms. The number of carbonyl (C=O) groups excluding carboxylic acids is 1. The molecular formula is C15H15NO3. The molecule has 0 aliphatic rings. The highest BCUT2D eigenvalue weighted by atomic mass is 16.3. The van der Waals surface area contributed by atoms with Gasteiger partial charge in [0.1, 0.15) is 5.75 Å². The Morgan fingerprint density at radius 3 is 2.42 bits per heavy atom. The number of phenols is 1. The molecule has 0 bridgehead atoms. The van der Waals surface area contributed by atoms with Crippen LogP contribution < -0.4 is 5.32 Å². The van der Waals surface area contributed by atoms with Crippen molar-refractivity contribution in [3.05, 3.63) is 59.2 Å². The van der Waals surface area contributed by atoms with Crippen molar-refractivity contribution in [3.8, 4) is 5.75 Å². The molecule has 0 aromatic heterocycles. The van der Waals surface area contributed by atoms with Gasteiger partial charge >= 0.3 is 0 Å². The van der Waals surface area contributed by atoms with Crippen molar-refractivity contribution in [2.75, 3.05) is 5.32 Å². The largest absolute Gasteiger partial charge is 0.507 e. The van der Waals surface area contributed by atoms with E-state index in [0.717, 1.165) is 11.1 Å². The fourth-order valence-electron chi connectivity index (χ4n) is 1.73. The van der Waals surface area contributed by atoms with Gasteiger partial charge in [-0.3, -0.25) is 4.79 Å². The van der Waals surface area contributed by atoms with Crippen LogP contribution in [0.5, 0.6) is 5.75 Å². The van der Waals surface area contributed by atoms with Crippen molar-refractivity contribution in [2.45, 2.75) is 13.5 Å². The van der Waals surface area contributed by atoms with Crippen LogP contribution in [0.1, 0.15) is 21.5 Å². The predicted octanol–water partition coefficient (Wildman–Crippen LogP) is 2.45. The van der Waals surface area contributed by atoms with Gasteiger partial charge in [-0.1, -0.05) is 18.2 Å². The van der Waals surface area contributed by atoms with Crippen molar-refractivity contribution < 1.29 is 15.0 Å². The third-order valence-corrected chi connectivity index (χ3v) is 2.79. The normalized spacial score (nSPS) is 10.2. The highest BCUT2D eigenvalue weighted by Gasteiger charge is 2.11. The molecule has 0 spiro atoms. The number of hydrogen-bond donors (Lipinski definition) is 3. The number of nitrogens with one attached hydrogen (secondary N) is 1. The van der Waals surface area contributed by atoms with Gasteiger partial charge in [0.05, 0.1) is 12.2 Å². The lowest BCUT2D eigenvalue weighted by molar-refractivity contribution is 0.102. The highest BCUT2D eigenvalue weighted by molar-refractivity contribution is 6.06. The molecule has 2 aromatic carbocycles. The van der Waals surface area contributed by atoms with E-state index in [0.29, 0.717) is 5.69 Å². The predicted molar refractivity (Wildman–Crippen MR) is 73.2 cm³/mol. The summed E-state index contributed by atoms with van der Waals surface area (Å²) in [5, 5.41) is 21.3. The van der Waals surface area contributed by atoms with Crippen molar-refractivity contribution in [1.29, 1.82) is 0 Å². The van der Waals surface area contributed by atoms with Crippen LogP contribution in [0.2, 0.25) is 0 Å². The minimum atomic E-state index is -0.366. The summed E-state index contributed by atoms with van der Waals surface area (Å²) >= 11 is 0. The quantitative estimate of drug-likeness (QED) is 0.791. The van der Waals surface area contributed by atoms with Crippen molar-refractivity contribution in [3.63, 3.8) is 0 Å². The van der Waals surface area contributed by atoms with Gasteiger partial charge in [0, 0.05) is 5.69 Å². The van der Waals surface area contributed by atoms with E-state index in [2.05, 4.69) is 5.32 Å². The molecule has 0 saturated heterocycles. The molecule has 0 heterocycles. The first kappa shape index (κ1) is 13.1. The standard InChI is InChI=1S/C15H15NO3/c1-10-2-7-13(14(18)8-10)15(19)16-12-5-3-11(9-17)4-6-12/h2-8,17-18H,9H2,1H3,(H,16,19). The zero-order valence-corrected chi connectivity index (χ0v) is 10.6. The maximum Gasteiger partial charge on any atom is 0.259 e. The molecule has 0 atom stereocenters. The number of benzene rings is 2. The SMILES string of the molecule is Cc1ccc(C(=O)Nc2ccc(CO)cc2)c(O)c1. The number of aliphatic hydroxyl groups excluding tert-OH is 1. The van der Waals surface area contributed by atoms with Crippen LogP contribution in [0.4, 0.5) is 5.69 Å². The Hall–Kier alpha value is -2.33. The lowest BCUT2D eigenvalue weighted by Crippen LogP contribution is -2.12. The third-order valence-electron chi connectivity index (χ3n) is 2.79. The second kappa shape index (κ2) is 5.54. The van der Waals surface area contributed by atoms with E-state index in [9.17, 15) is 9.90 Å². The average molecular weight is 257 g/mol. The van der Waals surface area contributed by atoms with E-state index in [-0.39, 0.29) is 23.8 Å². The van der Waals surface area contributed by atoms with Crippen LogP contribution in [-0.2, 0) is 6.61 Å². The first-order chi connectivity index (χ1) is 9.10. The van der Waals surface area contributed by atoms with Crippen LogP contribution in [0.3, 0.4) is 0 Å². The summed E-state index contributed by atoms with van der Waals surface area (Å²) in [4.78, 5) is 12.0. The fourth-order valence-corrected chi connectivity index (χ4v) is 1.73. The fraction of sp³-hybridized carbons (Fsp3) is 0.133. The van der Waals surface area contributed by atoms with Crippen LogP contribution >= 0.6 is 0 Å². The number of phenolic OH excluding ortho intramolecular Hbond substituents is 1. The van der Waals surface area contributed by atoms with Crippen molar-refractivity contribution in [1.82, 2.24) is 0 Å². The van der Waals surface area contributed by atoms with Gasteiger partial charge in [-0.15, -0.1) is 0 Å². The van der Waals surface area contributed by atoms with E-state index < -0.39 is 0 Å². The lowest BCUT2D eigenvalue weighted by Gasteiger charge is -2.08. The van der Waals surface area contributed by atoms with Gasteiger partial charge < -0.3 is 15.5 Å². The van der Waals surface area contributed by atoms with Gasteiger partial charge in [0.15, 0.2) is 0 Å². The Morgan fingerprint density at radius 1 is 1.16 bits per heavy atom. The summed E-state index contributed by atoms with van der Waals surface area (Å²) < 4.78 is 0. The van der Waals surface area contributed by atoms with Gasteiger partial charge in [0.25, 0.3) is 5.91 Å². The zero-order valence-electron chi connectivity index (χ0n) is 10.6. The average Bonchev–Trinajstić information content (AvgIpc) is 2.39. The Balaban J connectivity index is 2.15.